The number of carboxylic acid groups (broad SMARTS) is 2. The standard InChI is InChI=1S/C14H19NO.C12H23NO3.C12H21NO3.C7H13NO.C5H6O5/c1-11-8-14(16)9-12(2)15(11)10-13-6-4-3-5-7-13;2*1-8-6-10(14)7-9(2)13(8)11(15)16-12(3,4)5;1-5-3-7(9)4-6(2)8-5;6-3(1-4(7)8)2-5(9)10/h3-7,11-12H,8-10H2,1-2H3;8-10,14H,6-7H2,1-5H3;8-9H,6-7H2,1-5H3;5-6,8H,3-4H2,1-2H3;1-2H2,(H,7,8)(H,9,10). The summed E-state index contributed by atoms with van der Waals surface area (Å²) in [5, 5.41) is 28.9. The fourth-order valence-electron chi connectivity index (χ4n) is 8.55. The van der Waals surface area contributed by atoms with Crippen molar-refractivity contribution in [2.24, 2.45) is 0 Å². The molecule has 380 valence electrons. The molecule has 1 aromatic carbocycles. The molecule has 4 aliphatic rings. The Morgan fingerprint density at radius 3 is 1.25 bits per heavy atom. The third-order valence-electron chi connectivity index (χ3n) is 11.1. The largest absolute Gasteiger partial charge is 0.481 e. The quantitative estimate of drug-likeness (QED) is 0.204. The topological polar surface area (TPSA) is 237 Å². The van der Waals surface area contributed by atoms with Crippen LogP contribution in [0.3, 0.4) is 0 Å². The van der Waals surface area contributed by atoms with Crippen LogP contribution in [0.25, 0.3) is 0 Å². The Morgan fingerprint density at radius 1 is 0.567 bits per heavy atom. The first-order valence-electron chi connectivity index (χ1n) is 23.5. The summed E-state index contributed by atoms with van der Waals surface area (Å²) in [5.74, 6) is -2.37. The highest BCUT2D eigenvalue weighted by Crippen LogP contribution is 2.26. The van der Waals surface area contributed by atoms with Crippen LogP contribution in [0.15, 0.2) is 30.3 Å². The first-order valence-corrected chi connectivity index (χ1v) is 23.5. The lowest BCUT2D eigenvalue weighted by Gasteiger charge is -2.41. The second-order valence-electron chi connectivity index (χ2n) is 20.6. The van der Waals surface area contributed by atoms with Crippen LogP contribution in [-0.4, -0.2) is 143 Å². The van der Waals surface area contributed by atoms with Crippen molar-refractivity contribution in [2.45, 2.75) is 233 Å². The van der Waals surface area contributed by atoms with Crippen LogP contribution in [0.5, 0.6) is 0 Å². The van der Waals surface area contributed by atoms with E-state index in [4.69, 9.17) is 19.7 Å². The van der Waals surface area contributed by atoms with Gasteiger partial charge in [0.1, 0.15) is 41.4 Å². The van der Waals surface area contributed by atoms with Gasteiger partial charge in [-0.3, -0.25) is 33.7 Å². The number of nitrogens with one attached hydrogen (secondary N) is 1. The van der Waals surface area contributed by atoms with Gasteiger partial charge < -0.3 is 39.9 Å². The predicted molar refractivity (Wildman–Crippen MR) is 254 cm³/mol. The summed E-state index contributed by atoms with van der Waals surface area (Å²) in [4.78, 5) is 93.2. The SMILES string of the molecule is CC1CC(=O)CC(C)N1.CC1CC(=O)CC(C)N1C(=O)OC(C)(C)C.CC1CC(=O)CC(C)N1Cc1ccccc1.CC1CC(O)CC(C)N1C(=O)OC(C)(C)C.O=C(O)CC(=O)CC(=O)O. The highest BCUT2D eigenvalue weighted by molar-refractivity contribution is 6.02. The molecule has 4 aliphatic heterocycles. The lowest BCUT2D eigenvalue weighted by atomic mass is 9.95. The highest BCUT2D eigenvalue weighted by Gasteiger charge is 2.37. The van der Waals surface area contributed by atoms with Crippen LogP contribution < -0.4 is 5.32 Å². The molecule has 0 radical (unpaired) electrons. The van der Waals surface area contributed by atoms with Crippen molar-refractivity contribution >= 4 is 47.3 Å². The molecule has 0 aliphatic carbocycles. The molecule has 17 heteroatoms. The molecule has 5 rings (SSSR count). The number of amides is 2. The van der Waals surface area contributed by atoms with Gasteiger partial charge in [0.25, 0.3) is 0 Å². The lowest BCUT2D eigenvalue weighted by molar-refractivity contribution is -0.143. The van der Waals surface area contributed by atoms with Crippen molar-refractivity contribution < 1.29 is 63.1 Å². The molecule has 17 nitrogen and oxygen atoms in total. The van der Waals surface area contributed by atoms with E-state index >= 15 is 0 Å². The molecular formula is C50H82N4O13. The molecule has 4 N–H and O–H groups in total. The minimum atomic E-state index is -1.30. The second kappa shape index (κ2) is 27.9. The van der Waals surface area contributed by atoms with E-state index in [0.29, 0.717) is 87.1 Å². The Kier molecular flexibility index (Phi) is 25.1. The van der Waals surface area contributed by atoms with Crippen LogP contribution in [0.4, 0.5) is 9.59 Å². The van der Waals surface area contributed by atoms with Gasteiger partial charge in [0.05, 0.1) is 6.10 Å². The predicted octanol–water partition coefficient (Wildman–Crippen LogP) is 7.37. The fraction of sp³-hybridized carbons (Fsp3) is 0.720. The normalized spacial score (nSPS) is 26.6. The minimum Gasteiger partial charge on any atom is -0.481 e. The van der Waals surface area contributed by atoms with Crippen molar-refractivity contribution in [2.75, 3.05) is 0 Å². The highest BCUT2D eigenvalue weighted by atomic mass is 16.6. The zero-order valence-corrected chi connectivity index (χ0v) is 42.6. The molecule has 0 saturated carbocycles. The van der Waals surface area contributed by atoms with Crippen molar-refractivity contribution in [3.63, 3.8) is 0 Å². The number of piperidine rings is 4. The number of likely N-dealkylation sites (tertiary alicyclic amines) is 3. The summed E-state index contributed by atoms with van der Waals surface area (Å²) in [6.45, 7) is 28.1. The second-order valence-corrected chi connectivity index (χ2v) is 20.6. The Morgan fingerprint density at radius 2 is 0.910 bits per heavy atom. The molecular weight excluding hydrogens is 865 g/mol. The molecule has 0 spiro atoms. The van der Waals surface area contributed by atoms with Gasteiger partial charge in [0.2, 0.25) is 0 Å². The summed E-state index contributed by atoms with van der Waals surface area (Å²) >= 11 is 0. The van der Waals surface area contributed by atoms with Gasteiger partial charge in [-0.15, -0.1) is 0 Å². The van der Waals surface area contributed by atoms with Gasteiger partial charge in [0.15, 0.2) is 5.78 Å². The zero-order valence-electron chi connectivity index (χ0n) is 42.6. The zero-order chi connectivity index (χ0) is 51.6. The van der Waals surface area contributed by atoms with Gasteiger partial charge in [-0.1, -0.05) is 30.3 Å². The summed E-state index contributed by atoms with van der Waals surface area (Å²) < 4.78 is 10.7. The van der Waals surface area contributed by atoms with Crippen molar-refractivity contribution in [1.29, 1.82) is 0 Å². The average molecular weight is 947 g/mol. The van der Waals surface area contributed by atoms with Gasteiger partial charge in [0, 0.05) is 93.4 Å². The number of aliphatic carboxylic acids is 2. The van der Waals surface area contributed by atoms with Gasteiger partial charge >= 0.3 is 24.1 Å². The maximum Gasteiger partial charge on any atom is 0.410 e. The number of aliphatic hydroxyl groups excluding tert-OH is 1. The average Bonchev–Trinajstić information content (AvgIpc) is 3.11. The number of Topliss-reactive ketones (excluding diaryl/α,β-unsaturated/α-hetero) is 4. The van der Waals surface area contributed by atoms with Gasteiger partial charge in [-0.25, -0.2) is 9.59 Å². The Labute approximate surface area is 398 Å². The van der Waals surface area contributed by atoms with Crippen LogP contribution >= 0.6 is 0 Å². The summed E-state index contributed by atoms with van der Waals surface area (Å²) in [7, 11) is 0. The third kappa shape index (κ3) is 24.7. The first kappa shape index (κ1) is 60.3. The number of carboxylic acids is 2. The van der Waals surface area contributed by atoms with Crippen molar-refractivity contribution in [1.82, 2.24) is 20.0 Å². The van der Waals surface area contributed by atoms with E-state index in [1.54, 1.807) is 9.80 Å². The van der Waals surface area contributed by atoms with E-state index in [0.717, 1.165) is 6.54 Å². The van der Waals surface area contributed by atoms with E-state index in [-0.39, 0.29) is 48.2 Å². The van der Waals surface area contributed by atoms with Crippen LogP contribution in [0, 0.1) is 0 Å². The number of ether oxygens (including phenoxy) is 2. The molecule has 4 saturated heterocycles. The first-order chi connectivity index (χ1) is 30.8. The molecule has 67 heavy (non-hydrogen) atoms. The smallest absolute Gasteiger partial charge is 0.410 e. The number of hydrogen-bond acceptors (Lipinski definition) is 13. The van der Waals surface area contributed by atoms with E-state index in [1.165, 1.54) is 5.56 Å². The molecule has 1 aromatic rings. The fourth-order valence-corrected chi connectivity index (χ4v) is 8.55. The monoisotopic (exact) mass is 947 g/mol. The van der Waals surface area contributed by atoms with Crippen LogP contribution in [0.2, 0.25) is 0 Å². The molecule has 2 amide bonds. The van der Waals surface area contributed by atoms with Crippen molar-refractivity contribution in [3.8, 4) is 0 Å². The number of rotatable bonds is 6. The van der Waals surface area contributed by atoms with Crippen LogP contribution in [-0.2, 0) is 44.8 Å². The number of ketones is 4. The van der Waals surface area contributed by atoms with Crippen molar-refractivity contribution in [3.05, 3.63) is 35.9 Å². The number of benzene rings is 1. The number of hydrogen-bond donors (Lipinski definition) is 4. The van der Waals surface area contributed by atoms with E-state index in [1.807, 2.05) is 89.2 Å². The number of carbonyl (C=O) groups is 8. The number of carbonyl (C=O) groups excluding carboxylic acids is 6. The molecule has 8 atom stereocenters. The lowest BCUT2D eigenvalue weighted by Crippen LogP contribution is -2.52. The van der Waals surface area contributed by atoms with E-state index in [9.17, 15) is 43.5 Å². The molecule has 8 unspecified atom stereocenters. The third-order valence-corrected chi connectivity index (χ3v) is 11.1. The molecule has 0 aromatic heterocycles. The Balaban J connectivity index is 0.000000427. The summed E-state index contributed by atoms with van der Waals surface area (Å²) in [6, 6.07) is 11.9. The maximum absolute atomic E-state index is 12.0. The maximum atomic E-state index is 12.0. The number of aliphatic hydroxyl groups is 1. The Bertz CT molecular complexity index is 1720. The summed E-state index contributed by atoms with van der Waals surface area (Å²) in [6.07, 6.45) is 2.63. The van der Waals surface area contributed by atoms with Crippen LogP contribution in [0.1, 0.15) is 167 Å². The van der Waals surface area contributed by atoms with E-state index < -0.39 is 41.8 Å². The van der Waals surface area contributed by atoms with E-state index in [2.05, 4.69) is 48.3 Å². The van der Waals surface area contributed by atoms with Gasteiger partial charge in [-0.05, 0) is 115 Å². The minimum absolute atomic E-state index is 0.0357. The number of nitrogens with zero attached hydrogens (tertiary/aromatic N) is 3. The Hall–Kier alpha value is -4.74. The summed E-state index contributed by atoms with van der Waals surface area (Å²) in [5.41, 5.74) is 0.375. The molecule has 4 heterocycles. The molecule has 4 fully saturated rings. The van der Waals surface area contributed by atoms with Gasteiger partial charge in [-0.2, -0.15) is 0 Å². The molecule has 0 bridgehead atoms.